The summed E-state index contributed by atoms with van der Waals surface area (Å²) in [5.74, 6) is 1.03. The van der Waals surface area contributed by atoms with Crippen LogP contribution in [0, 0.1) is 0 Å². The van der Waals surface area contributed by atoms with Crippen molar-refractivity contribution >= 4 is 27.4 Å². The number of nitrogens with one attached hydrogen (secondary N) is 2. The Kier molecular flexibility index (Phi) is 8.86. The van der Waals surface area contributed by atoms with Gasteiger partial charge in [-0.15, -0.1) is 0 Å². The summed E-state index contributed by atoms with van der Waals surface area (Å²) in [6.45, 7) is 4.92. The number of carbonyl (C=O) groups excluding carboxylic acids is 1. The first kappa shape index (κ1) is 28.2. The molecule has 0 radical (unpaired) electrons. The number of nitrogens with zero attached hydrogens (tertiary/aromatic N) is 4. The van der Waals surface area contributed by atoms with E-state index >= 15 is 0 Å². The molecule has 1 atom stereocenters. The molecule has 2 aliphatic rings. The second-order valence-electron chi connectivity index (χ2n) is 10.2. The smallest absolute Gasteiger partial charge is 0.319 e. The number of hydrogen-bond acceptors (Lipinski definition) is 9. The Morgan fingerprint density at radius 2 is 1.97 bits per heavy atom. The number of sulfone groups is 1. The zero-order valence-corrected chi connectivity index (χ0v) is 23.1. The number of aliphatic hydroxyl groups is 1. The van der Waals surface area contributed by atoms with Crippen LogP contribution >= 0.6 is 0 Å². The fourth-order valence-corrected chi connectivity index (χ4v) is 6.62. The number of carbonyl (C=O) groups is 1. The van der Waals surface area contributed by atoms with Gasteiger partial charge in [0.25, 0.3) is 0 Å². The third-order valence-corrected chi connectivity index (χ3v) is 9.59. The van der Waals surface area contributed by atoms with Crippen molar-refractivity contribution in [1.82, 2.24) is 20.2 Å². The largest absolute Gasteiger partial charge is 0.396 e. The Labute approximate surface area is 224 Å². The van der Waals surface area contributed by atoms with E-state index < -0.39 is 14.6 Å². The zero-order valence-electron chi connectivity index (χ0n) is 22.3. The molecule has 1 aromatic heterocycles. The van der Waals surface area contributed by atoms with Crippen molar-refractivity contribution in [3.8, 4) is 11.4 Å². The van der Waals surface area contributed by atoms with Gasteiger partial charge in [-0.3, -0.25) is 0 Å². The minimum atomic E-state index is -3.51. The number of rotatable bonds is 11. The van der Waals surface area contributed by atoms with Crippen molar-refractivity contribution in [2.75, 3.05) is 69.5 Å². The van der Waals surface area contributed by atoms with Gasteiger partial charge in [-0.2, -0.15) is 0 Å². The van der Waals surface area contributed by atoms with Gasteiger partial charge >= 0.3 is 6.03 Å². The molecule has 11 nitrogen and oxygen atoms in total. The summed E-state index contributed by atoms with van der Waals surface area (Å²) in [4.78, 5) is 25.9. The van der Waals surface area contributed by atoms with E-state index in [0.29, 0.717) is 62.2 Å². The lowest BCUT2D eigenvalue weighted by Crippen LogP contribution is -2.44. The molecule has 0 bridgehead atoms. The quantitative estimate of drug-likeness (QED) is 0.386. The topological polar surface area (TPSA) is 137 Å². The summed E-state index contributed by atoms with van der Waals surface area (Å²) in [6.07, 6.45) is 1.20. The molecule has 1 aromatic carbocycles. The maximum absolute atomic E-state index is 13.3. The van der Waals surface area contributed by atoms with E-state index in [1.165, 1.54) is 0 Å². The van der Waals surface area contributed by atoms with Crippen molar-refractivity contribution in [1.29, 1.82) is 0 Å². The van der Waals surface area contributed by atoms with E-state index in [2.05, 4.69) is 22.5 Å². The Morgan fingerprint density at radius 3 is 2.61 bits per heavy atom. The average molecular weight is 547 g/mol. The molecule has 4 rings (SSSR count). The van der Waals surface area contributed by atoms with Gasteiger partial charge in [0.15, 0.2) is 15.7 Å². The van der Waals surface area contributed by atoms with Crippen LogP contribution in [0.5, 0.6) is 0 Å². The fourth-order valence-electron chi connectivity index (χ4n) is 4.57. The van der Waals surface area contributed by atoms with Crippen molar-refractivity contribution < 1.29 is 23.1 Å². The second kappa shape index (κ2) is 11.9. The molecular weight excluding hydrogens is 508 g/mol. The zero-order chi connectivity index (χ0) is 27.3. The van der Waals surface area contributed by atoms with E-state index in [0.717, 1.165) is 12.1 Å². The molecule has 12 heteroatoms. The Balaban J connectivity index is 1.62. The lowest BCUT2D eigenvalue weighted by atomic mass is 10.1. The molecule has 0 spiro atoms. The minimum Gasteiger partial charge on any atom is -0.396 e. The van der Waals surface area contributed by atoms with Gasteiger partial charge in [-0.25, -0.2) is 23.2 Å². The number of benzene rings is 1. The van der Waals surface area contributed by atoms with Crippen molar-refractivity contribution in [2.45, 2.75) is 37.0 Å². The summed E-state index contributed by atoms with van der Waals surface area (Å²) < 4.78 is 31.1. The molecule has 3 N–H and O–H groups in total. The van der Waals surface area contributed by atoms with Gasteiger partial charge in [0.1, 0.15) is 10.6 Å². The molecule has 2 heterocycles. The van der Waals surface area contributed by atoms with E-state index in [9.17, 15) is 18.3 Å². The van der Waals surface area contributed by atoms with E-state index in [1.807, 2.05) is 37.2 Å². The first-order valence-corrected chi connectivity index (χ1v) is 14.7. The highest BCUT2D eigenvalue weighted by atomic mass is 32.2. The predicted molar refractivity (Wildman–Crippen MR) is 147 cm³/mol. The average Bonchev–Trinajstić information content (AvgIpc) is 3.71. The first-order chi connectivity index (χ1) is 18.1. The second-order valence-corrected chi connectivity index (χ2v) is 12.6. The number of anilines is 2. The number of hydrogen-bond donors (Lipinski definition) is 3. The minimum absolute atomic E-state index is 0.0803. The van der Waals surface area contributed by atoms with E-state index in [1.54, 1.807) is 12.1 Å². The lowest BCUT2D eigenvalue weighted by Gasteiger charge is -2.34. The number of aromatic nitrogens is 2. The van der Waals surface area contributed by atoms with Crippen LogP contribution in [-0.4, -0.2) is 99.8 Å². The Morgan fingerprint density at radius 1 is 1.24 bits per heavy atom. The number of urea groups is 1. The van der Waals surface area contributed by atoms with Crippen LogP contribution in [0.2, 0.25) is 0 Å². The molecule has 38 heavy (non-hydrogen) atoms. The lowest BCUT2D eigenvalue weighted by molar-refractivity contribution is 0.0985. The molecule has 0 unspecified atom stereocenters. The van der Waals surface area contributed by atoms with E-state index in [-0.39, 0.29) is 30.9 Å². The van der Waals surface area contributed by atoms with Crippen LogP contribution in [0.25, 0.3) is 11.4 Å². The van der Waals surface area contributed by atoms with Gasteiger partial charge in [0.2, 0.25) is 0 Å². The van der Waals surface area contributed by atoms with Crippen LogP contribution in [0.3, 0.4) is 0 Å². The van der Waals surface area contributed by atoms with Crippen molar-refractivity contribution in [2.24, 2.45) is 0 Å². The molecule has 1 aliphatic heterocycles. The fraction of sp³-hybridized carbons (Fsp3) is 0.577. The number of morpholine rings is 1. The predicted octanol–water partition coefficient (Wildman–Crippen LogP) is 1.84. The van der Waals surface area contributed by atoms with Crippen LogP contribution in [0.4, 0.5) is 16.3 Å². The number of amides is 2. The van der Waals surface area contributed by atoms with Gasteiger partial charge in [-0.1, -0.05) is 0 Å². The van der Waals surface area contributed by atoms with Crippen LogP contribution in [0.1, 0.15) is 31.9 Å². The molecule has 2 amide bonds. The summed E-state index contributed by atoms with van der Waals surface area (Å²) >= 11 is 0. The molecule has 208 valence electrons. The SMILES string of the molecule is C[C@H]1COCCN1c1cc(C2(S(=O)(=O)CCCO)CC2)nc(-c2ccc(NC(=O)NCCN(C)C)cc2)n1. The Hall–Kier alpha value is -2.80. The molecule has 1 saturated heterocycles. The standard InChI is InChI=1S/C26H38N6O5S/c1-19-18-37-15-13-32(19)23-17-22(26(9-10-26)38(35,36)16-4-14-33)29-24(30-23)20-5-7-21(8-6-20)28-25(34)27-11-12-31(2)3/h5-8,17,19,33H,4,9-16,18H2,1-3H3,(H2,27,28,34)/t19-/m0/s1. The number of ether oxygens (including phenoxy) is 1. The van der Waals surface area contributed by atoms with Gasteiger partial charge in [0.05, 0.1) is 30.7 Å². The number of likely N-dealkylation sites (N-methyl/N-ethyl adjacent to an activating group) is 1. The molecule has 1 saturated carbocycles. The Bertz CT molecular complexity index is 1220. The highest BCUT2D eigenvalue weighted by molar-refractivity contribution is 7.92. The summed E-state index contributed by atoms with van der Waals surface area (Å²) in [5, 5.41) is 14.9. The van der Waals surface area contributed by atoms with Crippen molar-refractivity contribution in [3.63, 3.8) is 0 Å². The van der Waals surface area contributed by atoms with Crippen LogP contribution < -0.4 is 15.5 Å². The molecular formula is C26H38N6O5S. The van der Waals surface area contributed by atoms with Crippen LogP contribution in [-0.2, 0) is 19.3 Å². The van der Waals surface area contributed by atoms with Crippen molar-refractivity contribution in [3.05, 3.63) is 36.0 Å². The maximum atomic E-state index is 13.3. The van der Waals surface area contributed by atoms with Gasteiger partial charge < -0.3 is 30.3 Å². The number of aliphatic hydroxyl groups excluding tert-OH is 1. The summed E-state index contributed by atoms with van der Waals surface area (Å²) in [5.41, 5.74) is 1.84. The molecule has 2 fully saturated rings. The maximum Gasteiger partial charge on any atom is 0.319 e. The molecule has 1 aliphatic carbocycles. The molecule has 2 aromatic rings. The third-order valence-electron chi connectivity index (χ3n) is 6.96. The first-order valence-electron chi connectivity index (χ1n) is 13.0. The van der Waals surface area contributed by atoms with E-state index in [4.69, 9.17) is 14.7 Å². The highest BCUT2D eigenvalue weighted by Gasteiger charge is 2.56. The normalized spacial score (nSPS) is 18.9. The summed E-state index contributed by atoms with van der Waals surface area (Å²) in [6, 6.07) is 8.80. The third kappa shape index (κ3) is 6.42. The summed E-state index contributed by atoms with van der Waals surface area (Å²) in [7, 11) is 0.373. The van der Waals surface area contributed by atoms with Gasteiger partial charge in [-0.05, 0) is 64.5 Å². The monoisotopic (exact) mass is 546 g/mol. The van der Waals surface area contributed by atoms with Gasteiger partial charge in [0, 0.05) is 43.6 Å². The highest BCUT2D eigenvalue weighted by Crippen LogP contribution is 2.53. The van der Waals surface area contributed by atoms with Crippen LogP contribution in [0.15, 0.2) is 30.3 Å².